The van der Waals surface area contributed by atoms with Gasteiger partial charge in [-0.25, -0.2) is 0 Å². The maximum atomic E-state index is 13.6. The van der Waals surface area contributed by atoms with Crippen LogP contribution < -0.4 is 10.2 Å². The van der Waals surface area contributed by atoms with Crippen molar-refractivity contribution in [3.05, 3.63) is 36.5 Å². The van der Waals surface area contributed by atoms with Crippen molar-refractivity contribution >= 4 is 19.7 Å². The predicted octanol–water partition coefficient (Wildman–Crippen LogP) is 24.3. The largest absolute Gasteiger partial charge is 0.756 e. The number of phosphoric acid groups is 1. The number of carbonyl (C=O) groups is 2. The molecular formula is C78H151N2O7P. The molecule has 0 aliphatic heterocycles. The van der Waals surface area contributed by atoms with Crippen LogP contribution in [0.25, 0.3) is 0 Å². The summed E-state index contributed by atoms with van der Waals surface area (Å²) in [7, 11) is 1.21. The predicted molar refractivity (Wildman–Crippen MR) is 381 cm³/mol. The molecule has 0 aromatic carbocycles. The molecule has 0 fully saturated rings. The number of phosphoric ester groups is 1. The summed E-state index contributed by atoms with van der Waals surface area (Å²) in [5, 5.41) is 3.06. The summed E-state index contributed by atoms with van der Waals surface area (Å²) in [6.07, 6.45) is 85.7. The molecule has 0 radical (unpaired) electrons. The maximum Gasteiger partial charge on any atom is 0.306 e. The topological polar surface area (TPSA) is 114 Å². The molecule has 0 aliphatic rings. The van der Waals surface area contributed by atoms with Gasteiger partial charge in [0, 0.05) is 12.8 Å². The number of quaternary nitrogens is 1. The quantitative estimate of drug-likeness (QED) is 0.0212. The van der Waals surface area contributed by atoms with Crippen LogP contribution in [0.2, 0.25) is 0 Å². The van der Waals surface area contributed by atoms with Crippen molar-refractivity contribution in [1.82, 2.24) is 5.32 Å². The maximum absolute atomic E-state index is 13.6. The van der Waals surface area contributed by atoms with E-state index in [9.17, 15) is 19.0 Å². The fourth-order valence-electron chi connectivity index (χ4n) is 11.9. The van der Waals surface area contributed by atoms with E-state index in [0.717, 1.165) is 64.2 Å². The molecule has 0 aromatic heterocycles. The van der Waals surface area contributed by atoms with Gasteiger partial charge in [0.15, 0.2) is 0 Å². The number of nitrogens with one attached hydrogen (secondary N) is 1. The molecule has 0 bridgehead atoms. The van der Waals surface area contributed by atoms with E-state index in [0.29, 0.717) is 17.4 Å². The first-order chi connectivity index (χ1) is 42.9. The zero-order chi connectivity index (χ0) is 64.2. The molecule has 88 heavy (non-hydrogen) atoms. The highest BCUT2D eigenvalue weighted by Crippen LogP contribution is 2.38. The van der Waals surface area contributed by atoms with Crippen molar-refractivity contribution < 1.29 is 37.3 Å². The number of esters is 1. The number of nitrogens with zero attached hydrogens (tertiary/aromatic N) is 1. The molecule has 0 spiro atoms. The summed E-state index contributed by atoms with van der Waals surface area (Å²) in [6, 6.07) is -0.885. The summed E-state index contributed by atoms with van der Waals surface area (Å²) in [5.74, 6) is -0.517. The van der Waals surface area contributed by atoms with Gasteiger partial charge in [-0.15, -0.1) is 0 Å². The second-order valence-corrected chi connectivity index (χ2v) is 29.3. The number of allylic oxidation sites excluding steroid dienone is 5. The lowest BCUT2D eigenvalue weighted by molar-refractivity contribution is -0.870. The Balaban J connectivity index is 4.92. The Morgan fingerprint density at radius 3 is 1.05 bits per heavy atom. The number of unbranched alkanes of at least 4 members (excludes halogenated alkanes) is 52. The van der Waals surface area contributed by atoms with Crippen LogP contribution in [0.1, 0.15) is 400 Å². The first-order valence-corrected chi connectivity index (χ1v) is 40.3. The van der Waals surface area contributed by atoms with E-state index in [1.54, 1.807) is 0 Å². The standard InChI is InChI=1S/C78H151N2O7P/c1-7-10-13-16-19-22-25-28-30-32-34-36-38-40-42-44-46-48-50-52-55-58-61-64-67-70-77(81)79-75(74-86-88(83,84)85-73-72-80(4,5)6)76(69-66-63-60-57-54-27-24-21-18-15-12-9-3)87-78(82)71-68-65-62-59-56-53-51-49-47-45-43-41-39-37-35-33-31-29-26-23-20-17-14-11-8-2/h20,23,29,31,66,69,75-76H,7-19,21-22,24-28,30,32-65,67-68,70-74H2,1-6H3,(H-,79,81,83,84)/b23-20-,31-29-,69-66+. The minimum Gasteiger partial charge on any atom is -0.756 e. The van der Waals surface area contributed by atoms with Crippen LogP contribution in [-0.2, 0) is 27.9 Å². The lowest BCUT2D eigenvalue weighted by atomic mass is 10.0. The molecule has 0 saturated carbocycles. The van der Waals surface area contributed by atoms with Crippen LogP contribution in [0.4, 0.5) is 0 Å². The van der Waals surface area contributed by atoms with Gasteiger partial charge in [-0.3, -0.25) is 14.2 Å². The van der Waals surface area contributed by atoms with Crippen molar-refractivity contribution in [3.8, 4) is 0 Å². The molecule has 0 aromatic rings. The number of likely N-dealkylation sites (N-methyl/N-ethyl adjacent to an activating group) is 1. The first kappa shape index (κ1) is 86.2. The van der Waals surface area contributed by atoms with Crippen molar-refractivity contribution in [2.75, 3.05) is 40.9 Å². The monoisotopic (exact) mass is 1260 g/mol. The normalized spacial score (nSPS) is 13.6. The summed E-state index contributed by atoms with van der Waals surface area (Å²) in [6.45, 7) is 6.90. The third kappa shape index (κ3) is 68.6. The van der Waals surface area contributed by atoms with Gasteiger partial charge in [0.1, 0.15) is 19.3 Å². The second-order valence-electron chi connectivity index (χ2n) is 27.9. The molecule has 3 unspecified atom stereocenters. The van der Waals surface area contributed by atoms with Crippen molar-refractivity contribution in [2.24, 2.45) is 0 Å². The van der Waals surface area contributed by atoms with Crippen LogP contribution in [0.15, 0.2) is 36.5 Å². The highest BCUT2D eigenvalue weighted by molar-refractivity contribution is 7.45. The molecule has 0 heterocycles. The molecule has 10 heteroatoms. The third-order valence-corrected chi connectivity index (χ3v) is 18.8. The average molecular weight is 1260 g/mol. The lowest BCUT2D eigenvalue weighted by Gasteiger charge is -2.30. The van der Waals surface area contributed by atoms with Gasteiger partial charge in [-0.1, -0.05) is 359 Å². The molecule has 0 aliphatic carbocycles. The van der Waals surface area contributed by atoms with E-state index in [-0.39, 0.29) is 31.5 Å². The van der Waals surface area contributed by atoms with E-state index >= 15 is 0 Å². The van der Waals surface area contributed by atoms with E-state index in [1.165, 1.54) is 302 Å². The average Bonchev–Trinajstić information content (AvgIpc) is 3.52. The van der Waals surface area contributed by atoms with E-state index in [1.807, 2.05) is 33.3 Å². The van der Waals surface area contributed by atoms with Crippen LogP contribution in [0, 0.1) is 0 Å². The molecule has 520 valence electrons. The van der Waals surface area contributed by atoms with Gasteiger partial charge in [-0.05, 0) is 63.9 Å². The smallest absolute Gasteiger partial charge is 0.306 e. The van der Waals surface area contributed by atoms with Gasteiger partial charge in [0.2, 0.25) is 5.91 Å². The van der Waals surface area contributed by atoms with Crippen molar-refractivity contribution in [1.29, 1.82) is 0 Å². The van der Waals surface area contributed by atoms with Gasteiger partial charge < -0.3 is 28.5 Å². The number of hydrogen-bond acceptors (Lipinski definition) is 7. The molecule has 1 amide bonds. The minimum absolute atomic E-state index is 0.0186. The van der Waals surface area contributed by atoms with Gasteiger partial charge in [-0.2, -0.15) is 0 Å². The van der Waals surface area contributed by atoms with Gasteiger partial charge >= 0.3 is 5.97 Å². The highest BCUT2D eigenvalue weighted by atomic mass is 31.2. The fourth-order valence-corrected chi connectivity index (χ4v) is 12.6. The summed E-state index contributed by atoms with van der Waals surface area (Å²) in [4.78, 5) is 40.3. The van der Waals surface area contributed by atoms with E-state index in [4.69, 9.17) is 13.8 Å². The molecule has 3 atom stereocenters. The van der Waals surface area contributed by atoms with Crippen molar-refractivity contribution in [3.63, 3.8) is 0 Å². The van der Waals surface area contributed by atoms with Crippen LogP contribution >= 0.6 is 7.82 Å². The number of amides is 1. The zero-order valence-electron chi connectivity index (χ0n) is 59.7. The Bertz CT molecular complexity index is 1600. The van der Waals surface area contributed by atoms with Gasteiger partial charge in [0.05, 0.1) is 33.8 Å². The summed E-state index contributed by atoms with van der Waals surface area (Å²) >= 11 is 0. The minimum atomic E-state index is -4.70. The molecular weight excluding hydrogens is 1110 g/mol. The van der Waals surface area contributed by atoms with Crippen LogP contribution in [0.5, 0.6) is 0 Å². The number of hydrogen-bond donors (Lipinski definition) is 1. The molecule has 1 N–H and O–H groups in total. The Hall–Kier alpha value is -1.77. The molecule has 0 saturated heterocycles. The zero-order valence-corrected chi connectivity index (χ0v) is 60.6. The Labute approximate surface area is 548 Å². The van der Waals surface area contributed by atoms with Crippen LogP contribution in [-0.4, -0.2) is 69.4 Å². The SMILES string of the molecule is CCCCC/C=C\C/C=C\CCCCCCCCCCCCCCCCCC(=O)OC(/C=C/CCCCCCCCCCCC)C(COP(=O)([O-])OCC[N+](C)(C)C)NC(=O)CCCCCCCCCCCCCCCCCCCCCCCCCCC. The van der Waals surface area contributed by atoms with E-state index in [2.05, 4.69) is 50.4 Å². The summed E-state index contributed by atoms with van der Waals surface area (Å²) in [5.41, 5.74) is 0. The Kier molecular flexibility index (Phi) is 66.7. The first-order valence-electron chi connectivity index (χ1n) is 38.8. The molecule has 0 rings (SSSR count). The molecule has 9 nitrogen and oxygen atoms in total. The Morgan fingerprint density at radius 1 is 0.398 bits per heavy atom. The van der Waals surface area contributed by atoms with Gasteiger partial charge in [0.25, 0.3) is 7.82 Å². The number of carbonyl (C=O) groups excluding carboxylic acids is 2. The van der Waals surface area contributed by atoms with E-state index < -0.39 is 20.0 Å². The number of ether oxygens (including phenoxy) is 1. The van der Waals surface area contributed by atoms with Crippen molar-refractivity contribution in [2.45, 2.75) is 412 Å². The lowest BCUT2D eigenvalue weighted by Crippen LogP contribution is -2.47. The highest BCUT2D eigenvalue weighted by Gasteiger charge is 2.27. The third-order valence-electron chi connectivity index (χ3n) is 17.8. The summed E-state index contributed by atoms with van der Waals surface area (Å²) < 4.78 is 30.5. The Morgan fingerprint density at radius 2 is 0.693 bits per heavy atom. The number of rotatable bonds is 72. The second kappa shape index (κ2) is 68.1. The van der Waals surface area contributed by atoms with Crippen LogP contribution in [0.3, 0.4) is 0 Å². The fraction of sp³-hybridized carbons (Fsp3) is 0.897.